The Morgan fingerprint density at radius 3 is 2.82 bits per heavy atom. The molecule has 0 N–H and O–H groups in total. The number of anilines is 1. The summed E-state index contributed by atoms with van der Waals surface area (Å²) in [4.78, 5) is 11.0. The molecule has 90 valence electrons. The molecule has 2 aromatic rings. The van der Waals surface area contributed by atoms with Gasteiger partial charge in [-0.1, -0.05) is 12.8 Å². The summed E-state index contributed by atoms with van der Waals surface area (Å²) < 4.78 is 1.79. The van der Waals surface area contributed by atoms with Crippen molar-refractivity contribution in [1.29, 1.82) is 0 Å². The van der Waals surface area contributed by atoms with Gasteiger partial charge in [-0.25, -0.2) is 9.97 Å². The third-order valence-electron chi connectivity index (χ3n) is 3.71. The van der Waals surface area contributed by atoms with Crippen LogP contribution in [0, 0.1) is 0 Å². The highest BCUT2D eigenvalue weighted by atomic mass is 15.3. The van der Waals surface area contributed by atoms with E-state index < -0.39 is 0 Å². The maximum absolute atomic E-state index is 4.43. The summed E-state index contributed by atoms with van der Waals surface area (Å²) in [5.41, 5.74) is 0.903. The van der Waals surface area contributed by atoms with E-state index in [2.05, 4.69) is 27.0 Å². The van der Waals surface area contributed by atoms with Crippen molar-refractivity contribution in [2.75, 3.05) is 11.9 Å². The molecule has 2 aromatic heterocycles. The molecule has 0 unspecified atom stereocenters. The number of nitrogens with zero attached hydrogens (tertiary/aromatic N) is 5. The van der Waals surface area contributed by atoms with Gasteiger partial charge in [0, 0.05) is 20.1 Å². The van der Waals surface area contributed by atoms with E-state index in [1.807, 2.05) is 13.2 Å². The Kier molecular flexibility index (Phi) is 2.46. The van der Waals surface area contributed by atoms with Gasteiger partial charge in [0.1, 0.15) is 12.1 Å². The lowest BCUT2D eigenvalue weighted by Gasteiger charge is -2.25. The minimum absolute atomic E-state index is 0.619. The molecule has 0 amide bonds. The second-order valence-electron chi connectivity index (χ2n) is 4.75. The van der Waals surface area contributed by atoms with E-state index in [4.69, 9.17) is 0 Å². The fourth-order valence-corrected chi connectivity index (χ4v) is 2.70. The van der Waals surface area contributed by atoms with Gasteiger partial charge in [-0.15, -0.1) is 0 Å². The van der Waals surface area contributed by atoms with Crippen LogP contribution in [0.1, 0.15) is 25.7 Å². The highest BCUT2D eigenvalue weighted by Crippen LogP contribution is 2.29. The van der Waals surface area contributed by atoms with Crippen LogP contribution in [0.2, 0.25) is 0 Å². The Balaban J connectivity index is 2.04. The van der Waals surface area contributed by atoms with Gasteiger partial charge >= 0.3 is 0 Å². The van der Waals surface area contributed by atoms with Gasteiger partial charge in [-0.2, -0.15) is 5.10 Å². The fraction of sp³-hybridized carbons (Fsp3) is 0.583. The molecular weight excluding hydrogens is 214 g/mol. The topological polar surface area (TPSA) is 46.8 Å². The Morgan fingerprint density at radius 2 is 2.06 bits per heavy atom. The van der Waals surface area contributed by atoms with Gasteiger partial charge in [-0.3, -0.25) is 4.68 Å². The van der Waals surface area contributed by atoms with E-state index >= 15 is 0 Å². The highest BCUT2D eigenvalue weighted by Gasteiger charge is 2.22. The van der Waals surface area contributed by atoms with Crippen LogP contribution in [0.4, 0.5) is 5.82 Å². The number of rotatable bonds is 2. The average molecular weight is 231 g/mol. The minimum Gasteiger partial charge on any atom is -0.356 e. The molecule has 1 aliphatic rings. The van der Waals surface area contributed by atoms with Crippen LogP contribution in [0.5, 0.6) is 0 Å². The standard InChI is InChI=1S/C12H17N5/c1-16(9-5-3-4-6-9)11-10-7-15-17(2)12(10)14-8-13-11/h7-9H,3-6H2,1-2H3. The zero-order chi connectivity index (χ0) is 11.8. The zero-order valence-corrected chi connectivity index (χ0v) is 10.3. The second-order valence-corrected chi connectivity index (χ2v) is 4.75. The molecule has 1 saturated carbocycles. The van der Waals surface area contributed by atoms with Crippen molar-refractivity contribution in [1.82, 2.24) is 19.7 Å². The summed E-state index contributed by atoms with van der Waals surface area (Å²) in [6.45, 7) is 0. The third-order valence-corrected chi connectivity index (χ3v) is 3.71. The summed E-state index contributed by atoms with van der Waals surface area (Å²) in [5.74, 6) is 1.01. The van der Waals surface area contributed by atoms with Gasteiger partial charge in [-0.05, 0) is 12.8 Å². The normalized spacial score (nSPS) is 16.8. The van der Waals surface area contributed by atoms with E-state index in [1.54, 1.807) is 11.0 Å². The quantitative estimate of drug-likeness (QED) is 0.790. The van der Waals surface area contributed by atoms with Crippen LogP contribution in [0.25, 0.3) is 11.0 Å². The molecule has 1 aliphatic carbocycles. The van der Waals surface area contributed by atoms with E-state index in [0.717, 1.165) is 16.9 Å². The Labute approximate surface area is 100 Å². The average Bonchev–Trinajstić information content (AvgIpc) is 2.98. The molecule has 0 spiro atoms. The summed E-state index contributed by atoms with van der Waals surface area (Å²) in [6.07, 6.45) is 8.68. The SMILES string of the molecule is CN(c1ncnc2c1cnn2C)C1CCCC1. The van der Waals surface area contributed by atoms with E-state index in [9.17, 15) is 0 Å². The van der Waals surface area contributed by atoms with Crippen LogP contribution < -0.4 is 4.90 Å². The first-order chi connectivity index (χ1) is 8.27. The monoisotopic (exact) mass is 231 g/mol. The van der Waals surface area contributed by atoms with Crippen molar-refractivity contribution in [2.24, 2.45) is 7.05 Å². The van der Waals surface area contributed by atoms with Gasteiger partial charge in [0.05, 0.1) is 11.6 Å². The summed E-state index contributed by atoms with van der Waals surface area (Å²) >= 11 is 0. The molecule has 0 radical (unpaired) electrons. The molecule has 0 bridgehead atoms. The second kappa shape index (κ2) is 3.98. The molecule has 5 heteroatoms. The lowest BCUT2D eigenvalue weighted by molar-refractivity contribution is 0.648. The minimum atomic E-state index is 0.619. The summed E-state index contributed by atoms with van der Waals surface area (Å²) in [7, 11) is 4.04. The van der Waals surface area contributed by atoms with Crippen LogP contribution >= 0.6 is 0 Å². The predicted molar refractivity (Wildman–Crippen MR) is 67.0 cm³/mol. The number of aryl methyl sites for hydroxylation is 1. The first-order valence-electron chi connectivity index (χ1n) is 6.13. The van der Waals surface area contributed by atoms with Gasteiger partial charge < -0.3 is 4.90 Å². The predicted octanol–water partition coefficient (Wildman–Crippen LogP) is 1.74. The Bertz CT molecular complexity index is 527. The summed E-state index contributed by atoms with van der Waals surface area (Å²) in [5, 5.41) is 5.30. The molecular formula is C12H17N5. The molecule has 3 rings (SSSR count). The van der Waals surface area contributed by atoms with Crippen LogP contribution in [0.3, 0.4) is 0 Å². The first kappa shape index (κ1) is 10.5. The van der Waals surface area contributed by atoms with Crippen LogP contribution in [-0.4, -0.2) is 32.8 Å². The number of hydrogen-bond donors (Lipinski definition) is 0. The van der Waals surface area contributed by atoms with E-state index in [1.165, 1.54) is 25.7 Å². The van der Waals surface area contributed by atoms with Crippen molar-refractivity contribution in [3.63, 3.8) is 0 Å². The van der Waals surface area contributed by atoms with Crippen molar-refractivity contribution in [3.8, 4) is 0 Å². The van der Waals surface area contributed by atoms with Crippen molar-refractivity contribution in [3.05, 3.63) is 12.5 Å². The maximum atomic E-state index is 4.43. The summed E-state index contributed by atoms with van der Waals surface area (Å²) in [6, 6.07) is 0.619. The molecule has 17 heavy (non-hydrogen) atoms. The fourth-order valence-electron chi connectivity index (χ4n) is 2.70. The smallest absolute Gasteiger partial charge is 0.163 e. The first-order valence-corrected chi connectivity index (χ1v) is 6.13. The molecule has 0 aromatic carbocycles. The Morgan fingerprint density at radius 1 is 1.29 bits per heavy atom. The maximum Gasteiger partial charge on any atom is 0.163 e. The molecule has 2 heterocycles. The zero-order valence-electron chi connectivity index (χ0n) is 10.3. The lowest BCUT2D eigenvalue weighted by atomic mass is 10.2. The molecule has 0 saturated heterocycles. The van der Waals surface area contributed by atoms with E-state index in [-0.39, 0.29) is 0 Å². The third kappa shape index (κ3) is 1.66. The molecule has 0 aliphatic heterocycles. The van der Waals surface area contributed by atoms with Gasteiger partial charge in [0.15, 0.2) is 5.65 Å². The van der Waals surface area contributed by atoms with Crippen LogP contribution in [-0.2, 0) is 7.05 Å². The van der Waals surface area contributed by atoms with Crippen molar-refractivity contribution in [2.45, 2.75) is 31.7 Å². The van der Waals surface area contributed by atoms with Gasteiger partial charge in [0.25, 0.3) is 0 Å². The largest absolute Gasteiger partial charge is 0.356 e. The number of aromatic nitrogens is 4. The van der Waals surface area contributed by atoms with E-state index in [0.29, 0.717) is 6.04 Å². The van der Waals surface area contributed by atoms with Crippen LogP contribution in [0.15, 0.2) is 12.5 Å². The number of fused-ring (bicyclic) bond motifs is 1. The Hall–Kier alpha value is -1.65. The van der Waals surface area contributed by atoms with Crippen molar-refractivity contribution < 1.29 is 0 Å². The van der Waals surface area contributed by atoms with Crippen molar-refractivity contribution >= 4 is 16.9 Å². The highest BCUT2D eigenvalue weighted by molar-refractivity contribution is 5.86. The molecule has 5 nitrogen and oxygen atoms in total. The molecule has 1 fully saturated rings. The molecule has 0 atom stereocenters. The van der Waals surface area contributed by atoms with Gasteiger partial charge in [0.2, 0.25) is 0 Å². The lowest BCUT2D eigenvalue weighted by Crippen LogP contribution is -2.29. The number of hydrogen-bond acceptors (Lipinski definition) is 4.